The van der Waals surface area contributed by atoms with Gasteiger partial charge in [0.1, 0.15) is 0 Å². The van der Waals surface area contributed by atoms with E-state index in [4.69, 9.17) is 0 Å². The van der Waals surface area contributed by atoms with E-state index in [0.717, 1.165) is 19.6 Å². The fourth-order valence-corrected chi connectivity index (χ4v) is 2.85. The normalized spacial score (nSPS) is 31.3. The van der Waals surface area contributed by atoms with Crippen molar-refractivity contribution in [3.8, 4) is 0 Å². The Labute approximate surface area is 112 Å². The van der Waals surface area contributed by atoms with Crippen molar-refractivity contribution in [1.82, 2.24) is 15.5 Å². The number of nitrogens with zero attached hydrogens (tertiary/aromatic N) is 1. The van der Waals surface area contributed by atoms with Crippen molar-refractivity contribution in [2.45, 2.75) is 38.2 Å². The highest BCUT2D eigenvalue weighted by atomic mass is 19.3. The molecular weight excluding hydrogens is 252 g/mol. The Balaban J connectivity index is 1.64. The zero-order valence-electron chi connectivity index (χ0n) is 11.4. The minimum atomic E-state index is -2.75. The zero-order chi connectivity index (χ0) is 13.9. The molecular formula is C13H23F2N3O. The first kappa shape index (κ1) is 14.7. The molecule has 0 saturated carbocycles. The third-order valence-electron chi connectivity index (χ3n) is 3.89. The van der Waals surface area contributed by atoms with Crippen molar-refractivity contribution in [1.29, 1.82) is 0 Å². The lowest BCUT2D eigenvalue weighted by molar-refractivity contribution is -0.123. The molecule has 2 aliphatic heterocycles. The Bertz CT molecular complexity index is 325. The lowest BCUT2D eigenvalue weighted by atomic mass is 10.0. The van der Waals surface area contributed by atoms with E-state index in [-0.39, 0.29) is 12.3 Å². The van der Waals surface area contributed by atoms with Crippen LogP contribution in [0.4, 0.5) is 8.78 Å². The summed E-state index contributed by atoms with van der Waals surface area (Å²) in [7, 11) is 0. The molecule has 0 bridgehead atoms. The van der Waals surface area contributed by atoms with Crippen LogP contribution >= 0.6 is 0 Å². The molecule has 2 saturated heterocycles. The van der Waals surface area contributed by atoms with E-state index in [9.17, 15) is 13.6 Å². The predicted molar refractivity (Wildman–Crippen MR) is 69.2 cm³/mol. The first-order valence-corrected chi connectivity index (χ1v) is 7.07. The first-order chi connectivity index (χ1) is 8.96. The van der Waals surface area contributed by atoms with E-state index in [2.05, 4.69) is 22.5 Å². The summed E-state index contributed by atoms with van der Waals surface area (Å²) < 4.78 is 25.9. The number of rotatable bonds is 4. The predicted octanol–water partition coefficient (Wildman–Crippen LogP) is 0.832. The molecule has 2 N–H and O–H groups in total. The van der Waals surface area contributed by atoms with E-state index < -0.39 is 18.5 Å². The molecule has 2 rings (SSSR count). The van der Waals surface area contributed by atoms with Crippen LogP contribution in [-0.2, 0) is 4.79 Å². The summed E-state index contributed by atoms with van der Waals surface area (Å²) in [5, 5.41) is 5.31. The molecule has 2 atom stereocenters. The zero-order valence-corrected chi connectivity index (χ0v) is 11.4. The highest BCUT2D eigenvalue weighted by Crippen LogP contribution is 2.24. The van der Waals surface area contributed by atoms with E-state index >= 15 is 0 Å². The maximum absolute atomic E-state index is 13.0. The van der Waals surface area contributed by atoms with Gasteiger partial charge in [0, 0.05) is 26.1 Å². The molecule has 2 heterocycles. The Morgan fingerprint density at radius 3 is 2.95 bits per heavy atom. The lowest BCUT2D eigenvalue weighted by Crippen LogP contribution is -2.44. The van der Waals surface area contributed by atoms with Crippen LogP contribution in [0.5, 0.6) is 0 Å². The minimum Gasteiger partial charge on any atom is -0.353 e. The number of alkyl halides is 2. The van der Waals surface area contributed by atoms with Crippen LogP contribution in [0, 0.1) is 5.92 Å². The Kier molecular flexibility index (Phi) is 4.73. The summed E-state index contributed by atoms with van der Waals surface area (Å²) in [5.41, 5.74) is 0. The van der Waals surface area contributed by atoms with Crippen LogP contribution < -0.4 is 10.6 Å². The number of likely N-dealkylation sites (tertiary alicyclic amines) is 1. The van der Waals surface area contributed by atoms with Gasteiger partial charge in [0.2, 0.25) is 5.91 Å². The Morgan fingerprint density at radius 1 is 1.53 bits per heavy atom. The number of piperidine rings is 1. The van der Waals surface area contributed by atoms with Crippen LogP contribution in [-0.4, -0.2) is 55.5 Å². The maximum atomic E-state index is 13.0. The standard InChI is InChI=1S/C13H23F2N3O/c1-10-3-2-5-18(8-10)6-4-16-12(19)11-7-13(14,15)9-17-11/h10-11,17H,2-9H2,1H3,(H,16,19). The molecule has 2 fully saturated rings. The highest BCUT2D eigenvalue weighted by molar-refractivity contribution is 5.82. The number of carbonyl (C=O) groups excluding carboxylic acids is 1. The van der Waals surface area contributed by atoms with Gasteiger partial charge in [-0.25, -0.2) is 8.78 Å². The summed E-state index contributed by atoms with van der Waals surface area (Å²) in [6.07, 6.45) is 2.08. The van der Waals surface area contributed by atoms with E-state index in [1.807, 2.05) is 0 Å². The maximum Gasteiger partial charge on any atom is 0.262 e. The van der Waals surface area contributed by atoms with Gasteiger partial charge in [0.05, 0.1) is 12.6 Å². The number of amides is 1. The van der Waals surface area contributed by atoms with Crippen LogP contribution in [0.3, 0.4) is 0 Å². The molecule has 0 spiro atoms. The average Bonchev–Trinajstić information content (AvgIpc) is 2.70. The van der Waals surface area contributed by atoms with Crippen LogP contribution in [0.15, 0.2) is 0 Å². The van der Waals surface area contributed by atoms with Crippen LogP contribution in [0.1, 0.15) is 26.2 Å². The summed E-state index contributed by atoms with van der Waals surface area (Å²) in [5.74, 6) is -2.34. The van der Waals surface area contributed by atoms with Crippen molar-refractivity contribution < 1.29 is 13.6 Å². The fourth-order valence-electron chi connectivity index (χ4n) is 2.85. The largest absolute Gasteiger partial charge is 0.353 e. The van der Waals surface area contributed by atoms with Crippen molar-refractivity contribution >= 4 is 5.91 Å². The van der Waals surface area contributed by atoms with E-state index in [1.54, 1.807) is 0 Å². The van der Waals surface area contributed by atoms with Crippen molar-refractivity contribution in [2.24, 2.45) is 5.92 Å². The van der Waals surface area contributed by atoms with Crippen molar-refractivity contribution in [3.05, 3.63) is 0 Å². The Morgan fingerprint density at radius 2 is 2.32 bits per heavy atom. The number of nitrogens with one attached hydrogen (secondary N) is 2. The molecule has 1 amide bonds. The van der Waals surface area contributed by atoms with Gasteiger partial charge in [-0.3, -0.25) is 10.1 Å². The van der Waals surface area contributed by atoms with Crippen molar-refractivity contribution in [3.63, 3.8) is 0 Å². The van der Waals surface area contributed by atoms with Gasteiger partial charge in [0.25, 0.3) is 5.92 Å². The molecule has 0 aromatic heterocycles. The van der Waals surface area contributed by atoms with E-state index in [0.29, 0.717) is 12.5 Å². The molecule has 4 nitrogen and oxygen atoms in total. The van der Waals surface area contributed by atoms with E-state index in [1.165, 1.54) is 12.8 Å². The summed E-state index contributed by atoms with van der Waals surface area (Å²) in [6.45, 7) is 5.31. The number of halogens is 2. The van der Waals surface area contributed by atoms with Gasteiger partial charge in [0.15, 0.2) is 0 Å². The van der Waals surface area contributed by atoms with Gasteiger partial charge in [-0.1, -0.05) is 6.92 Å². The molecule has 0 aromatic rings. The molecule has 6 heteroatoms. The first-order valence-electron chi connectivity index (χ1n) is 7.07. The van der Waals surface area contributed by atoms with Gasteiger partial charge in [-0.05, 0) is 25.3 Å². The molecule has 0 radical (unpaired) electrons. The second kappa shape index (κ2) is 6.13. The monoisotopic (exact) mass is 275 g/mol. The van der Waals surface area contributed by atoms with Gasteiger partial charge in [-0.15, -0.1) is 0 Å². The summed E-state index contributed by atoms with van der Waals surface area (Å²) in [6, 6.07) is -0.740. The molecule has 2 unspecified atom stereocenters. The van der Waals surface area contributed by atoms with Crippen molar-refractivity contribution in [2.75, 3.05) is 32.7 Å². The second-order valence-corrected chi connectivity index (χ2v) is 5.83. The third kappa shape index (κ3) is 4.38. The number of hydrogen-bond acceptors (Lipinski definition) is 3. The second-order valence-electron chi connectivity index (χ2n) is 5.83. The topological polar surface area (TPSA) is 44.4 Å². The van der Waals surface area contributed by atoms with Gasteiger partial charge >= 0.3 is 0 Å². The molecule has 2 aliphatic rings. The van der Waals surface area contributed by atoms with Crippen LogP contribution in [0.25, 0.3) is 0 Å². The highest BCUT2D eigenvalue weighted by Gasteiger charge is 2.42. The van der Waals surface area contributed by atoms with Crippen LogP contribution in [0.2, 0.25) is 0 Å². The lowest BCUT2D eigenvalue weighted by Gasteiger charge is -2.30. The SMILES string of the molecule is CC1CCCN(CCNC(=O)C2CC(F)(F)CN2)C1. The Hall–Kier alpha value is -0.750. The molecule has 0 aromatic carbocycles. The molecule has 110 valence electrons. The van der Waals surface area contributed by atoms with Gasteiger partial charge in [-0.2, -0.15) is 0 Å². The number of hydrogen-bond donors (Lipinski definition) is 2. The van der Waals surface area contributed by atoms with Gasteiger partial charge < -0.3 is 10.2 Å². The smallest absolute Gasteiger partial charge is 0.262 e. The molecule has 0 aliphatic carbocycles. The summed E-state index contributed by atoms with van der Waals surface area (Å²) >= 11 is 0. The average molecular weight is 275 g/mol. The third-order valence-corrected chi connectivity index (χ3v) is 3.89. The molecule has 19 heavy (non-hydrogen) atoms. The number of carbonyl (C=O) groups is 1. The minimum absolute atomic E-state index is 0.303. The fraction of sp³-hybridized carbons (Fsp3) is 0.923. The quantitative estimate of drug-likeness (QED) is 0.799. The summed E-state index contributed by atoms with van der Waals surface area (Å²) in [4.78, 5) is 14.0.